The van der Waals surface area contributed by atoms with Gasteiger partial charge >= 0.3 is 0 Å². The highest BCUT2D eigenvalue weighted by Crippen LogP contribution is 2.28. The molecule has 0 saturated carbocycles. The molecule has 0 aliphatic carbocycles. The zero-order chi connectivity index (χ0) is 14.0. The van der Waals surface area contributed by atoms with Gasteiger partial charge < -0.3 is 9.84 Å². The van der Waals surface area contributed by atoms with Crippen LogP contribution in [0.2, 0.25) is 5.02 Å². The highest BCUT2D eigenvalue weighted by atomic mass is 79.9. The molecule has 2 aromatic rings. The van der Waals surface area contributed by atoms with Gasteiger partial charge in [0, 0.05) is 7.05 Å². The van der Waals surface area contributed by atoms with Crippen LogP contribution in [-0.4, -0.2) is 14.9 Å². The molecule has 0 amide bonds. The van der Waals surface area contributed by atoms with Crippen LogP contribution in [0, 0.1) is 6.92 Å². The Morgan fingerprint density at radius 3 is 2.74 bits per heavy atom. The Morgan fingerprint density at radius 2 is 2.21 bits per heavy atom. The fourth-order valence-electron chi connectivity index (χ4n) is 1.74. The van der Waals surface area contributed by atoms with Crippen LogP contribution in [0.4, 0.5) is 0 Å². The van der Waals surface area contributed by atoms with Crippen LogP contribution in [0.1, 0.15) is 17.0 Å². The third-order valence-electron chi connectivity index (χ3n) is 2.80. The van der Waals surface area contributed by atoms with Crippen molar-refractivity contribution in [3.8, 4) is 5.75 Å². The number of halogens is 2. The molecule has 0 aliphatic heterocycles. The lowest BCUT2D eigenvalue weighted by molar-refractivity contribution is 0.279. The Bertz CT molecular complexity index is 599. The van der Waals surface area contributed by atoms with Gasteiger partial charge in [-0.15, -0.1) is 0 Å². The molecule has 4 nitrogen and oxygen atoms in total. The molecule has 2 rings (SSSR count). The van der Waals surface area contributed by atoms with E-state index in [4.69, 9.17) is 21.4 Å². The lowest BCUT2D eigenvalue weighted by Crippen LogP contribution is -2.04. The summed E-state index contributed by atoms with van der Waals surface area (Å²) in [4.78, 5) is 0. The van der Waals surface area contributed by atoms with Gasteiger partial charge in [-0.05, 0) is 40.5 Å². The fourth-order valence-corrected chi connectivity index (χ4v) is 2.50. The molecule has 1 aromatic carbocycles. The zero-order valence-corrected chi connectivity index (χ0v) is 13.0. The first-order chi connectivity index (χ1) is 9.02. The summed E-state index contributed by atoms with van der Waals surface area (Å²) < 4.78 is 8.24. The van der Waals surface area contributed by atoms with Gasteiger partial charge in [0.05, 0.1) is 27.5 Å². The number of hydrogen-bond acceptors (Lipinski definition) is 3. The molecule has 19 heavy (non-hydrogen) atoms. The monoisotopic (exact) mass is 344 g/mol. The van der Waals surface area contributed by atoms with Crippen LogP contribution >= 0.6 is 27.5 Å². The first kappa shape index (κ1) is 14.4. The van der Waals surface area contributed by atoms with Crippen molar-refractivity contribution >= 4 is 27.5 Å². The number of hydrogen-bond donors (Lipinski definition) is 1. The van der Waals surface area contributed by atoms with E-state index in [1.165, 1.54) is 0 Å². The van der Waals surface area contributed by atoms with Gasteiger partial charge in [-0.1, -0.05) is 17.7 Å². The van der Waals surface area contributed by atoms with Gasteiger partial charge in [0.15, 0.2) is 0 Å². The number of aliphatic hydroxyl groups excluding tert-OH is 1. The van der Waals surface area contributed by atoms with Crippen molar-refractivity contribution in [2.75, 3.05) is 0 Å². The summed E-state index contributed by atoms with van der Waals surface area (Å²) in [5, 5.41) is 13.9. The van der Waals surface area contributed by atoms with Crippen molar-refractivity contribution < 1.29 is 9.84 Å². The van der Waals surface area contributed by atoms with E-state index in [9.17, 15) is 0 Å². The quantitative estimate of drug-likeness (QED) is 0.925. The van der Waals surface area contributed by atoms with Crippen molar-refractivity contribution in [3.05, 3.63) is 44.6 Å². The maximum Gasteiger partial charge on any atom is 0.134 e. The highest BCUT2D eigenvalue weighted by Gasteiger charge is 2.12. The third-order valence-corrected chi connectivity index (χ3v) is 3.92. The standard InChI is InChI=1S/C13H14BrClN2O2/c1-8-13(15)11(17(2)16-8)7-19-12-4-3-9(6-18)5-10(12)14/h3-5,18H,6-7H2,1-2H3. The number of aromatic nitrogens is 2. The lowest BCUT2D eigenvalue weighted by atomic mass is 10.2. The van der Waals surface area contributed by atoms with Gasteiger partial charge in [-0.3, -0.25) is 4.68 Å². The Hall–Kier alpha value is -1.04. The van der Waals surface area contributed by atoms with Gasteiger partial charge in [-0.25, -0.2) is 0 Å². The van der Waals surface area contributed by atoms with Crippen molar-refractivity contribution in [2.24, 2.45) is 7.05 Å². The maximum absolute atomic E-state index is 9.05. The molecular formula is C13H14BrClN2O2. The number of rotatable bonds is 4. The van der Waals surface area contributed by atoms with Crippen molar-refractivity contribution in [2.45, 2.75) is 20.1 Å². The summed E-state index contributed by atoms with van der Waals surface area (Å²) in [5.41, 5.74) is 2.45. The SMILES string of the molecule is Cc1nn(C)c(COc2ccc(CO)cc2Br)c1Cl. The molecular weight excluding hydrogens is 332 g/mol. The normalized spacial score (nSPS) is 10.8. The Kier molecular flexibility index (Phi) is 4.50. The van der Waals surface area contributed by atoms with Crippen LogP contribution in [-0.2, 0) is 20.3 Å². The van der Waals surface area contributed by atoms with Gasteiger partial charge in [0.2, 0.25) is 0 Å². The van der Waals surface area contributed by atoms with Crippen LogP contribution in [0.3, 0.4) is 0 Å². The maximum atomic E-state index is 9.05. The molecule has 1 heterocycles. The van der Waals surface area contributed by atoms with Gasteiger partial charge in [-0.2, -0.15) is 5.10 Å². The van der Waals surface area contributed by atoms with Crippen LogP contribution in [0.15, 0.2) is 22.7 Å². The zero-order valence-electron chi connectivity index (χ0n) is 10.7. The Morgan fingerprint density at radius 1 is 1.47 bits per heavy atom. The summed E-state index contributed by atoms with van der Waals surface area (Å²) in [7, 11) is 1.83. The van der Waals surface area contributed by atoms with Crippen molar-refractivity contribution in [3.63, 3.8) is 0 Å². The molecule has 0 spiro atoms. The minimum Gasteiger partial charge on any atom is -0.486 e. The average molecular weight is 346 g/mol. The third kappa shape index (κ3) is 3.11. The van der Waals surface area contributed by atoms with Crippen molar-refractivity contribution in [1.29, 1.82) is 0 Å². The number of nitrogens with zero attached hydrogens (tertiary/aromatic N) is 2. The first-order valence-electron chi connectivity index (χ1n) is 5.73. The molecule has 1 N–H and O–H groups in total. The number of ether oxygens (including phenoxy) is 1. The van der Waals surface area contributed by atoms with E-state index in [0.717, 1.165) is 21.4 Å². The molecule has 0 atom stereocenters. The van der Waals surface area contributed by atoms with Gasteiger partial charge in [0.1, 0.15) is 12.4 Å². The molecule has 0 aliphatic rings. The molecule has 0 unspecified atom stereocenters. The average Bonchev–Trinajstić information content (AvgIpc) is 2.62. The molecule has 1 aromatic heterocycles. The summed E-state index contributed by atoms with van der Waals surface area (Å²) in [6, 6.07) is 5.45. The van der Waals surface area contributed by atoms with Crippen LogP contribution < -0.4 is 4.74 Å². The topological polar surface area (TPSA) is 47.3 Å². The number of aliphatic hydroxyl groups is 1. The second kappa shape index (κ2) is 5.94. The summed E-state index contributed by atoms with van der Waals surface area (Å²) in [6.45, 7) is 2.21. The van der Waals surface area contributed by atoms with Crippen LogP contribution in [0.5, 0.6) is 5.75 Å². The summed E-state index contributed by atoms with van der Waals surface area (Å²) >= 11 is 9.57. The van der Waals surface area contributed by atoms with E-state index in [-0.39, 0.29) is 6.61 Å². The van der Waals surface area contributed by atoms with E-state index in [2.05, 4.69) is 21.0 Å². The molecule has 0 fully saturated rings. The van der Waals surface area contributed by atoms with E-state index in [1.54, 1.807) is 4.68 Å². The van der Waals surface area contributed by atoms with E-state index in [1.807, 2.05) is 32.2 Å². The number of benzene rings is 1. The molecule has 6 heteroatoms. The van der Waals surface area contributed by atoms with Crippen molar-refractivity contribution in [1.82, 2.24) is 9.78 Å². The second-order valence-electron chi connectivity index (χ2n) is 4.18. The summed E-state index contributed by atoms with van der Waals surface area (Å²) in [6.07, 6.45) is 0. The first-order valence-corrected chi connectivity index (χ1v) is 6.90. The molecule has 0 bridgehead atoms. The highest BCUT2D eigenvalue weighted by molar-refractivity contribution is 9.10. The molecule has 0 radical (unpaired) electrons. The number of aryl methyl sites for hydroxylation is 2. The lowest BCUT2D eigenvalue weighted by Gasteiger charge is -2.09. The predicted molar refractivity (Wildman–Crippen MR) is 77.4 cm³/mol. The second-order valence-corrected chi connectivity index (χ2v) is 5.41. The fraction of sp³-hybridized carbons (Fsp3) is 0.308. The Balaban J connectivity index is 2.14. The molecule has 0 saturated heterocycles. The smallest absolute Gasteiger partial charge is 0.134 e. The Labute approximate surface area is 125 Å². The van der Waals surface area contributed by atoms with E-state index >= 15 is 0 Å². The minimum absolute atomic E-state index is 0.00559. The predicted octanol–water partition coefficient (Wildman–Crippen LogP) is 3.22. The van der Waals surface area contributed by atoms with Gasteiger partial charge in [0.25, 0.3) is 0 Å². The van der Waals surface area contributed by atoms with Crippen LogP contribution in [0.25, 0.3) is 0 Å². The van der Waals surface area contributed by atoms with E-state index in [0.29, 0.717) is 17.4 Å². The summed E-state index contributed by atoms with van der Waals surface area (Å²) in [5.74, 6) is 0.701. The molecule has 102 valence electrons. The van der Waals surface area contributed by atoms with E-state index < -0.39 is 0 Å². The minimum atomic E-state index is 0.00559. The largest absolute Gasteiger partial charge is 0.486 e.